The van der Waals surface area contributed by atoms with Crippen molar-refractivity contribution in [1.82, 2.24) is 4.57 Å². The zero-order valence-corrected chi connectivity index (χ0v) is 34.0. The minimum absolute atomic E-state index is 0.133. The second-order valence-corrected chi connectivity index (χ2v) is 15.9. The van der Waals surface area contributed by atoms with Crippen molar-refractivity contribution < 1.29 is 0 Å². The lowest BCUT2D eigenvalue weighted by Gasteiger charge is -2.32. The first-order valence-electron chi connectivity index (χ1n) is 21.3. The van der Waals surface area contributed by atoms with Crippen LogP contribution in [-0.2, 0) is 6.54 Å². The van der Waals surface area contributed by atoms with E-state index in [1.165, 1.54) is 50.4 Å². The first-order chi connectivity index (χ1) is 29.7. The van der Waals surface area contributed by atoms with Crippen molar-refractivity contribution in [1.29, 1.82) is 0 Å². The summed E-state index contributed by atoms with van der Waals surface area (Å²) in [6, 6.07) is 45.6. The van der Waals surface area contributed by atoms with Gasteiger partial charge in [0.2, 0.25) is 0 Å². The molecule has 2 aliphatic heterocycles. The molecule has 0 amide bonds. The Morgan fingerprint density at radius 1 is 0.733 bits per heavy atom. The van der Waals surface area contributed by atoms with Crippen LogP contribution in [0.4, 0.5) is 11.4 Å². The molecule has 3 heterocycles. The third kappa shape index (κ3) is 6.86. The number of para-hydroxylation sites is 1. The first-order valence-corrected chi connectivity index (χ1v) is 21.3. The number of fused-ring (bicyclic) bond motifs is 5. The molecule has 1 aromatic heterocycles. The molecule has 0 fully saturated rings. The molecule has 5 heteroatoms. The summed E-state index contributed by atoms with van der Waals surface area (Å²) in [5.41, 5.74) is 22.9. The zero-order valence-electron chi connectivity index (χ0n) is 34.0. The molecule has 0 bridgehead atoms. The van der Waals surface area contributed by atoms with Crippen LogP contribution in [0, 0.1) is 0 Å². The second-order valence-electron chi connectivity index (χ2n) is 15.9. The SMILES string of the molecule is C/C=C\C=C/c1cn(-c2ccc(C(/C=C(\N)c3ccccc3)=NCc3ccccc3)cc2)c2cc3c(cc12)N(C1=CCCC=C1)C1C2=C(C=CCC2)N(c2ccccc2)C31. The average Bonchev–Trinajstić information content (AvgIpc) is 3.95. The second kappa shape index (κ2) is 16.3. The van der Waals surface area contributed by atoms with Crippen LogP contribution in [0.5, 0.6) is 0 Å². The fraction of sp³-hybridized carbons (Fsp3) is 0.145. The molecule has 2 unspecified atom stereocenters. The maximum Gasteiger partial charge on any atom is 0.0859 e. The van der Waals surface area contributed by atoms with Crippen LogP contribution in [-0.4, -0.2) is 16.3 Å². The number of hydrogen-bond donors (Lipinski definition) is 1. The molecule has 0 spiro atoms. The minimum Gasteiger partial charge on any atom is -0.398 e. The lowest BCUT2D eigenvalue weighted by Crippen LogP contribution is -2.35. The van der Waals surface area contributed by atoms with Crippen molar-refractivity contribution in [2.45, 2.75) is 51.2 Å². The number of allylic oxidation sites excluding steroid dienone is 9. The van der Waals surface area contributed by atoms with E-state index in [1.807, 2.05) is 42.5 Å². The number of hydrogen-bond acceptors (Lipinski definition) is 4. The molecule has 4 aliphatic rings. The van der Waals surface area contributed by atoms with E-state index < -0.39 is 0 Å². The number of nitrogens with two attached hydrogens (primary N) is 1. The van der Waals surface area contributed by atoms with E-state index in [0.29, 0.717) is 12.2 Å². The Labute approximate surface area is 353 Å². The van der Waals surface area contributed by atoms with Gasteiger partial charge in [-0.1, -0.05) is 134 Å². The monoisotopic (exact) mass is 779 g/mol. The minimum atomic E-state index is 0.133. The van der Waals surface area contributed by atoms with E-state index >= 15 is 0 Å². The van der Waals surface area contributed by atoms with Gasteiger partial charge in [-0.2, -0.15) is 0 Å². The lowest BCUT2D eigenvalue weighted by atomic mass is 9.94. The Balaban J connectivity index is 1.11. The van der Waals surface area contributed by atoms with Crippen LogP contribution in [0.1, 0.15) is 66.5 Å². The maximum atomic E-state index is 6.71. The fourth-order valence-corrected chi connectivity index (χ4v) is 9.41. The number of aromatic nitrogens is 1. The smallest absolute Gasteiger partial charge is 0.0859 e. The van der Waals surface area contributed by atoms with E-state index in [9.17, 15) is 0 Å². The van der Waals surface area contributed by atoms with E-state index in [-0.39, 0.29) is 12.1 Å². The lowest BCUT2D eigenvalue weighted by molar-refractivity contribution is 0.637. The molecule has 2 N–H and O–H groups in total. The maximum absolute atomic E-state index is 6.71. The Morgan fingerprint density at radius 2 is 1.48 bits per heavy atom. The Kier molecular flexibility index (Phi) is 10.1. The molecular formula is C55H49N5. The van der Waals surface area contributed by atoms with Crippen molar-refractivity contribution in [3.8, 4) is 5.69 Å². The third-order valence-electron chi connectivity index (χ3n) is 12.2. The average molecular weight is 780 g/mol. The molecular weight excluding hydrogens is 731 g/mol. The van der Waals surface area contributed by atoms with Gasteiger partial charge in [0.15, 0.2) is 0 Å². The standard InChI is InChI=1S/C55H49N5/c1-2-3-8-23-42-38-58(43-32-30-41(31-33-43)50(57-37-39-19-9-4-10-20-39)36-49(56)40-21-11-5-12-22-40)52-35-48-53(34-47(42)52)60(45-26-15-7-16-27-45)54-46-28-17-18-29-51(46)59(55(48)54)44-24-13-6-14-25-44/h2-6,8-15,18-27,29-36,38,54-55H,7,16-17,28,37,56H2,1H3/b3-2-,23-8-,49-36-,57-50?. The molecule has 0 radical (unpaired) electrons. The van der Waals surface area contributed by atoms with E-state index in [4.69, 9.17) is 10.7 Å². The van der Waals surface area contributed by atoms with Crippen molar-refractivity contribution >= 4 is 39.8 Å². The van der Waals surface area contributed by atoms with Crippen LogP contribution < -0.4 is 15.5 Å². The molecule has 5 nitrogen and oxygen atoms in total. The van der Waals surface area contributed by atoms with Crippen LogP contribution in [0.25, 0.3) is 28.4 Å². The summed E-state index contributed by atoms with van der Waals surface area (Å²) in [6.07, 6.45) is 29.0. The molecule has 0 saturated heterocycles. The summed E-state index contributed by atoms with van der Waals surface area (Å²) in [6.45, 7) is 2.62. The molecule has 10 rings (SSSR count). The first kappa shape index (κ1) is 37.2. The third-order valence-corrected chi connectivity index (χ3v) is 12.2. The summed E-state index contributed by atoms with van der Waals surface area (Å²) in [7, 11) is 0. The Hall–Kier alpha value is -7.11. The quantitative estimate of drug-likeness (QED) is 0.111. The summed E-state index contributed by atoms with van der Waals surface area (Å²) in [5.74, 6) is 0. The predicted octanol–water partition coefficient (Wildman–Crippen LogP) is 12.8. The van der Waals surface area contributed by atoms with Gasteiger partial charge in [0.1, 0.15) is 0 Å². The number of anilines is 2. The largest absolute Gasteiger partial charge is 0.398 e. The van der Waals surface area contributed by atoms with E-state index in [0.717, 1.165) is 53.8 Å². The number of rotatable bonds is 10. The predicted molar refractivity (Wildman–Crippen MR) is 252 cm³/mol. The highest BCUT2D eigenvalue weighted by Crippen LogP contribution is 2.57. The number of nitrogens with zero attached hydrogens (tertiary/aromatic N) is 4. The fourth-order valence-electron chi connectivity index (χ4n) is 9.41. The molecule has 6 aromatic rings. The highest BCUT2D eigenvalue weighted by molar-refractivity contribution is 6.12. The molecule has 60 heavy (non-hydrogen) atoms. The van der Waals surface area contributed by atoms with Gasteiger partial charge >= 0.3 is 0 Å². The van der Waals surface area contributed by atoms with E-state index in [2.05, 4.69) is 173 Å². The van der Waals surface area contributed by atoms with Gasteiger partial charge in [-0.25, -0.2) is 0 Å². The molecule has 2 aliphatic carbocycles. The van der Waals surface area contributed by atoms with Crippen molar-refractivity contribution in [3.05, 3.63) is 233 Å². The van der Waals surface area contributed by atoms with Crippen molar-refractivity contribution in [3.63, 3.8) is 0 Å². The van der Waals surface area contributed by atoms with Gasteiger partial charge < -0.3 is 20.1 Å². The Morgan fingerprint density at radius 3 is 2.23 bits per heavy atom. The Bertz CT molecular complexity index is 2790. The summed E-state index contributed by atoms with van der Waals surface area (Å²) in [4.78, 5) is 10.4. The molecule has 0 saturated carbocycles. The van der Waals surface area contributed by atoms with Gasteiger partial charge in [-0.05, 0) is 109 Å². The van der Waals surface area contributed by atoms with Gasteiger partial charge in [0.05, 0.1) is 29.9 Å². The van der Waals surface area contributed by atoms with E-state index in [1.54, 1.807) is 0 Å². The van der Waals surface area contributed by atoms with Crippen LogP contribution in [0.3, 0.4) is 0 Å². The van der Waals surface area contributed by atoms with Crippen LogP contribution in [0.15, 0.2) is 210 Å². The molecule has 2 atom stereocenters. The van der Waals surface area contributed by atoms with Gasteiger partial charge in [-0.3, -0.25) is 4.99 Å². The summed E-state index contributed by atoms with van der Waals surface area (Å²) in [5, 5.41) is 1.23. The number of benzene rings is 5. The highest BCUT2D eigenvalue weighted by atomic mass is 15.3. The highest BCUT2D eigenvalue weighted by Gasteiger charge is 2.51. The molecule has 294 valence electrons. The van der Waals surface area contributed by atoms with Crippen molar-refractivity contribution in [2.75, 3.05) is 9.80 Å². The van der Waals surface area contributed by atoms with Crippen LogP contribution in [0.2, 0.25) is 0 Å². The summed E-state index contributed by atoms with van der Waals surface area (Å²) >= 11 is 0. The van der Waals surface area contributed by atoms with Gasteiger partial charge in [0.25, 0.3) is 0 Å². The zero-order chi connectivity index (χ0) is 40.4. The van der Waals surface area contributed by atoms with Crippen molar-refractivity contribution in [2.24, 2.45) is 10.7 Å². The number of aliphatic imine (C=N–C) groups is 1. The topological polar surface area (TPSA) is 49.8 Å². The van der Waals surface area contributed by atoms with Gasteiger partial charge in [-0.15, -0.1) is 0 Å². The summed E-state index contributed by atoms with van der Waals surface area (Å²) < 4.78 is 2.37. The van der Waals surface area contributed by atoms with Gasteiger partial charge in [0, 0.05) is 56.9 Å². The molecule has 5 aromatic carbocycles. The van der Waals surface area contributed by atoms with Crippen LogP contribution >= 0.6 is 0 Å². The normalized spacial score (nSPS) is 18.9.